The minimum Gasteiger partial charge on any atom is -0.379 e. The largest absolute Gasteiger partial charge is 0.379 e. The molecule has 0 bridgehead atoms. The van der Waals surface area contributed by atoms with Crippen molar-refractivity contribution >= 4 is 32.6 Å². The SMILES string of the molecule is Cc1cccc(C(=O)N(CCCN2CCOCC2)c2nc3ccccc3s2)c1. The number of thiazole rings is 1. The van der Waals surface area contributed by atoms with Gasteiger partial charge in [-0.2, -0.15) is 0 Å². The molecule has 2 heterocycles. The van der Waals surface area contributed by atoms with Crippen LogP contribution in [0.1, 0.15) is 22.3 Å². The van der Waals surface area contributed by atoms with E-state index in [4.69, 9.17) is 9.72 Å². The molecule has 6 heteroatoms. The number of para-hydroxylation sites is 1. The minimum atomic E-state index is 0.0183. The van der Waals surface area contributed by atoms with Gasteiger partial charge in [-0.05, 0) is 37.6 Å². The van der Waals surface area contributed by atoms with Gasteiger partial charge < -0.3 is 4.74 Å². The molecule has 0 spiro atoms. The first-order valence-electron chi connectivity index (χ1n) is 9.75. The molecule has 146 valence electrons. The molecule has 1 aliphatic heterocycles. The number of anilines is 1. The third-order valence-electron chi connectivity index (χ3n) is 4.98. The van der Waals surface area contributed by atoms with Gasteiger partial charge in [0.05, 0.1) is 23.4 Å². The summed E-state index contributed by atoms with van der Waals surface area (Å²) >= 11 is 1.58. The number of ether oxygens (including phenoxy) is 1. The van der Waals surface area contributed by atoms with Gasteiger partial charge in [0.25, 0.3) is 5.91 Å². The number of fused-ring (bicyclic) bond motifs is 1. The van der Waals surface area contributed by atoms with Crippen molar-refractivity contribution in [1.29, 1.82) is 0 Å². The van der Waals surface area contributed by atoms with Crippen LogP contribution >= 0.6 is 11.3 Å². The van der Waals surface area contributed by atoms with Gasteiger partial charge in [-0.1, -0.05) is 41.2 Å². The molecule has 0 aliphatic carbocycles. The van der Waals surface area contributed by atoms with Crippen molar-refractivity contribution in [2.75, 3.05) is 44.3 Å². The van der Waals surface area contributed by atoms with E-state index < -0.39 is 0 Å². The summed E-state index contributed by atoms with van der Waals surface area (Å²) in [5.74, 6) is 0.0183. The first-order chi connectivity index (χ1) is 13.7. The third kappa shape index (κ3) is 4.41. The molecular formula is C22H25N3O2S. The monoisotopic (exact) mass is 395 g/mol. The molecule has 2 aromatic carbocycles. The third-order valence-corrected chi connectivity index (χ3v) is 6.04. The van der Waals surface area contributed by atoms with E-state index in [0.29, 0.717) is 12.1 Å². The lowest BCUT2D eigenvalue weighted by molar-refractivity contribution is 0.0376. The molecule has 1 fully saturated rings. The number of carbonyl (C=O) groups is 1. The molecule has 1 aliphatic rings. The van der Waals surface area contributed by atoms with Crippen LogP contribution in [0.15, 0.2) is 48.5 Å². The molecule has 1 aromatic heterocycles. The molecule has 3 aromatic rings. The lowest BCUT2D eigenvalue weighted by Gasteiger charge is -2.27. The Kier molecular flexibility index (Phi) is 6.00. The maximum Gasteiger partial charge on any atom is 0.260 e. The van der Waals surface area contributed by atoms with Crippen LogP contribution in [0.2, 0.25) is 0 Å². The minimum absolute atomic E-state index is 0.0183. The fourth-order valence-corrected chi connectivity index (χ4v) is 4.46. The Labute approximate surface area is 169 Å². The van der Waals surface area contributed by atoms with Crippen LogP contribution < -0.4 is 4.90 Å². The number of amides is 1. The van der Waals surface area contributed by atoms with E-state index in [2.05, 4.69) is 11.0 Å². The molecule has 0 N–H and O–H groups in total. The smallest absolute Gasteiger partial charge is 0.260 e. The highest BCUT2D eigenvalue weighted by molar-refractivity contribution is 7.22. The Bertz CT molecular complexity index is 917. The maximum atomic E-state index is 13.3. The number of aromatic nitrogens is 1. The normalized spacial score (nSPS) is 15.0. The maximum absolute atomic E-state index is 13.3. The summed E-state index contributed by atoms with van der Waals surface area (Å²) in [6.45, 7) is 7.15. The molecule has 1 saturated heterocycles. The second kappa shape index (κ2) is 8.82. The van der Waals surface area contributed by atoms with Crippen LogP contribution in [-0.4, -0.2) is 55.2 Å². The van der Waals surface area contributed by atoms with E-state index in [1.165, 1.54) is 0 Å². The van der Waals surface area contributed by atoms with Crippen LogP contribution in [0.4, 0.5) is 5.13 Å². The van der Waals surface area contributed by atoms with Gasteiger partial charge in [-0.3, -0.25) is 14.6 Å². The second-order valence-electron chi connectivity index (χ2n) is 7.10. The summed E-state index contributed by atoms with van der Waals surface area (Å²) in [7, 11) is 0. The van der Waals surface area contributed by atoms with Crippen molar-refractivity contribution in [3.05, 3.63) is 59.7 Å². The average Bonchev–Trinajstić information content (AvgIpc) is 3.15. The van der Waals surface area contributed by atoms with Gasteiger partial charge in [0.15, 0.2) is 5.13 Å². The highest BCUT2D eigenvalue weighted by atomic mass is 32.1. The Morgan fingerprint density at radius 1 is 1.18 bits per heavy atom. The quantitative estimate of drug-likeness (QED) is 0.633. The number of nitrogens with zero attached hydrogens (tertiary/aromatic N) is 3. The zero-order valence-electron chi connectivity index (χ0n) is 16.1. The van der Waals surface area contributed by atoms with Crippen LogP contribution in [0, 0.1) is 6.92 Å². The van der Waals surface area contributed by atoms with Crippen molar-refractivity contribution < 1.29 is 9.53 Å². The van der Waals surface area contributed by atoms with E-state index in [1.54, 1.807) is 11.3 Å². The van der Waals surface area contributed by atoms with Gasteiger partial charge in [-0.25, -0.2) is 4.98 Å². The summed E-state index contributed by atoms with van der Waals surface area (Å²) in [5, 5.41) is 0.773. The van der Waals surface area contributed by atoms with Gasteiger partial charge in [0.1, 0.15) is 0 Å². The Morgan fingerprint density at radius 3 is 2.79 bits per heavy atom. The van der Waals surface area contributed by atoms with Crippen LogP contribution in [0.5, 0.6) is 0 Å². The second-order valence-corrected chi connectivity index (χ2v) is 8.11. The predicted molar refractivity (Wildman–Crippen MR) is 114 cm³/mol. The number of benzene rings is 2. The topological polar surface area (TPSA) is 45.7 Å². The van der Waals surface area contributed by atoms with Gasteiger partial charge in [-0.15, -0.1) is 0 Å². The van der Waals surface area contributed by atoms with Crippen LogP contribution in [-0.2, 0) is 4.74 Å². The van der Waals surface area contributed by atoms with E-state index in [0.717, 1.165) is 60.2 Å². The van der Waals surface area contributed by atoms with E-state index >= 15 is 0 Å². The summed E-state index contributed by atoms with van der Waals surface area (Å²) in [6.07, 6.45) is 0.910. The Balaban J connectivity index is 1.55. The fourth-order valence-electron chi connectivity index (χ4n) is 3.47. The zero-order valence-corrected chi connectivity index (χ0v) is 17.0. The van der Waals surface area contributed by atoms with Crippen molar-refractivity contribution in [3.63, 3.8) is 0 Å². The molecular weight excluding hydrogens is 370 g/mol. The predicted octanol–water partition coefficient (Wildman–Crippen LogP) is 3.97. The zero-order chi connectivity index (χ0) is 19.3. The highest BCUT2D eigenvalue weighted by Crippen LogP contribution is 2.29. The highest BCUT2D eigenvalue weighted by Gasteiger charge is 2.22. The molecule has 4 rings (SSSR count). The Hall–Kier alpha value is -2.28. The number of aryl methyl sites for hydroxylation is 1. The number of rotatable bonds is 6. The van der Waals surface area contributed by atoms with Gasteiger partial charge in [0, 0.05) is 31.7 Å². The van der Waals surface area contributed by atoms with Gasteiger partial charge >= 0.3 is 0 Å². The van der Waals surface area contributed by atoms with Crippen LogP contribution in [0.25, 0.3) is 10.2 Å². The van der Waals surface area contributed by atoms with E-state index in [-0.39, 0.29) is 5.91 Å². The fraction of sp³-hybridized carbons (Fsp3) is 0.364. The molecule has 0 unspecified atom stereocenters. The lowest BCUT2D eigenvalue weighted by Crippen LogP contribution is -2.39. The number of carbonyl (C=O) groups excluding carboxylic acids is 1. The molecule has 28 heavy (non-hydrogen) atoms. The Morgan fingerprint density at radius 2 is 2.00 bits per heavy atom. The summed E-state index contributed by atoms with van der Waals surface area (Å²) < 4.78 is 6.53. The van der Waals surface area contributed by atoms with Crippen molar-refractivity contribution in [3.8, 4) is 0 Å². The standard InChI is InChI=1S/C22H25N3O2S/c1-17-6-4-7-18(16-17)21(26)25(11-5-10-24-12-14-27-15-13-24)22-23-19-8-2-3-9-20(19)28-22/h2-4,6-9,16H,5,10-15H2,1H3. The van der Waals surface area contributed by atoms with E-state index in [9.17, 15) is 4.79 Å². The first-order valence-corrected chi connectivity index (χ1v) is 10.6. The van der Waals surface area contributed by atoms with Gasteiger partial charge in [0.2, 0.25) is 0 Å². The molecule has 5 nitrogen and oxygen atoms in total. The number of hydrogen-bond acceptors (Lipinski definition) is 5. The summed E-state index contributed by atoms with van der Waals surface area (Å²) in [5.41, 5.74) is 2.74. The van der Waals surface area contributed by atoms with Crippen molar-refractivity contribution in [2.45, 2.75) is 13.3 Å². The molecule has 0 saturated carbocycles. The molecule has 0 radical (unpaired) electrons. The molecule has 1 amide bonds. The summed E-state index contributed by atoms with van der Waals surface area (Å²) in [6, 6.07) is 15.8. The number of morpholine rings is 1. The van der Waals surface area contributed by atoms with Crippen molar-refractivity contribution in [1.82, 2.24) is 9.88 Å². The number of hydrogen-bond donors (Lipinski definition) is 0. The lowest BCUT2D eigenvalue weighted by atomic mass is 10.1. The van der Waals surface area contributed by atoms with Crippen molar-refractivity contribution in [2.24, 2.45) is 0 Å². The average molecular weight is 396 g/mol. The molecule has 0 atom stereocenters. The van der Waals surface area contributed by atoms with Crippen LogP contribution in [0.3, 0.4) is 0 Å². The summed E-state index contributed by atoms with van der Waals surface area (Å²) in [4.78, 5) is 22.3. The van der Waals surface area contributed by atoms with E-state index in [1.807, 2.05) is 54.3 Å². The first kappa shape index (κ1) is 19.1.